The second-order valence-corrected chi connectivity index (χ2v) is 4.59. The van der Waals surface area contributed by atoms with Crippen LogP contribution in [0.4, 0.5) is 10.1 Å². The lowest BCUT2D eigenvalue weighted by molar-refractivity contribution is 0.0920. The van der Waals surface area contributed by atoms with Gasteiger partial charge < -0.3 is 10.5 Å². The lowest BCUT2D eigenvalue weighted by Crippen LogP contribution is -2.05. The van der Waals surface area contributed by atoms with Gasteiger partial charge in [0, 0.05) is 16.3 Å². The van der Waals surface area contributed by atoms with Gasteiger partial charge in [-0.05, 0) is 32.0 Å². The molecule has 0 aliphatic carbocycles. The third kappa shape index (κ3) is 4.53. The average molecular weight is 229 g/mol. The smallest absolute Gasteiger partial charge is 0.124 e. The predicted molar refractivity (Wildman–Crippen MR) is 62.6 cm³/mol. The van der Waals surface area contributed by atoms with Gasteiger partial charge in [0.25, 0.3) is 0 Å². The minimum Gasteiger partial charge on any atom is -0.398 e. The van der Waals surface area contributed by atoms with Gasteiger partial charge in [0.15, 0.2) is 0 Å². The molecule has 0 radical (unpaired) electrons. The summed E-state index contributed by atoms with van der Waals surface area (Å²) in [6.07, 6.45) is 0.232. The van der Waals surface area contributed by atoms with Gasteiger partial charge in [0.2, 0.25) is 0 Å². The van der Waals surface area contributed by atoms with Crippen LogP contribution in [-0.2, 0) is 4.74 Å². The van der Waals surface area contributed by atoms with E-state index in [0.29, 0.717) is 12.3 Å². The fraction of sp³-hybridized carbons (Fsp3) is 0.455. The Kier molecular flexibility index (Phi) is 4.91. The van der Waals surface area contributed by atoms with Crippen molar-refractivity contribution in [2.75, 3.05) is 18.1 Å². The number of hydrogen-bond acceptors (Lipinski definition) is 3. The van der Waals surface area contributed by atoms with Crippen molar-refractivity contribution >= 4 is 17.4 Å². The van der Waals surface area contributed by atoms with E-state index in [2.05, 4.69) is 0 Å². The van der Waals surface area contributed by atoms with Crippen LogP contribution in [0.2, 0.25) is 0 Å². The number of nitrogen functional groups attached to an aromatic ring is 1. The number of thioether (sulfide) groups is 1. The van der Waals surface area contributed by atoms with Gasteiger partial charge in [-0.3, -0.25) is 0 Å². The molecule has 0 unspecified atom stereocenters. The van der Waals surface area contributed by atoms with Crippen molar-refractivity contribution in [3.63, 3.8) is 0 Å². The molecule has 0 saturated carbocycles. The van der Waals surface area contributed by atoms with Crippen LogP contribution in [0.1, 0.15) is 13.8 Å². The second kappa shape index (κ2) is 5.98. The van der Waals surface area contributed by atoms with Gasteiger partial charge >= 0.3 is 0 Å². The number of rotatable bonds is 5. The minimum absolute atomic E-state index is 0.232. The molecule has 2 nitrogen and oxygen atoms in total. The number of anilines is 1. The van der Waals surface area contributed by atoms with Crippen molar-refractivity contribution < 1.29 is 9.13 Å². The molecule has 15 heavy (non-hydrogen) atoms. The van der Waals surface area contributed by atoms with E-state index in [9.17, 15) is 4.39 Å². The third-order valence-electron chi connectivity index (χ3n) is 1.77. The largest absolute Gasteiger partial charge is 0.398 e. The molecule has 0 heterocycles. The molecule has 0 spiro atoms. The fourth-order valence-corrected chi connectivity index (χ4v) is 1.90. The van der Waals surface area contributed by atoms with Crippen LogP contribution in [0, 0.1) is 5.82 Å². The second-order valence-electron chi connectivity index (χ2n) is 3.45. The molecule has 1 aromatic rings. The quantitative estimate of drug-likeness (QED) is 0.479. The Morgan fingerprint density at radius 1 is 1.47 bits per heavy atom. The Bertz CT molecular complexity index is 317. The maximum absolute atomic E-state index is 12.9. The molecule has 0 amide bonds. The summed E-state index contributed by atoms with van der Waals surface area (Å²) in [4.78, 5) is 0.780. The first-order chi connectivity index (χ1) is 7.09. The van der Waals surface area contributed by atoms with Gasteiger partial charge in [0.1, 0.15) is 5.82 Å². The van der Waals surface area contributed by atoms with Gasteiger partial charge in [-0.1, -0.05) is 0 Å². The Labute approximate surface area is 94.0 Å². The third-order valence-corrected chi connectivity index (χ3v) is 2.80. The molecule has 0 saturated heterocycles. The van der Waals surface area contributed by atoms with Crippen LogP contribution in [0.25, 0.3) is 0 Å². The highest BCUT2D eigenvalue weighted by molar-refractivity contribution is 7.99. The number of hydrogen-bond donors (Lipinski definition) is 1. The van der Waals surface area contributed by atoms with Crippen LogP contribution in [0.15, 0.2) is 23.1 Å². The zero-order valence-electron chi connectivity index (χ0n) is 9.00. The molecule has 0 aliphatic heterocycles. The normalized spacial score (nSPS) is 10.9. The summed E-state index contributed by atoms with van der Waals surface area (Å²) >= 11 is 1.51. The highest BCUT2D eigenvalue weighted by Gasteiger charge is 2.02. The van der Waals surface area contributed by atoms with Gasteiger partial charge in [-0.2, -0.15) is 0 Å². The lowest BCUT2D eigenvalue weighted by atomic mass is 10.3. The maximum atomic E-state index is 12.9. The SMILES string of the molecule is CC(C)OCCSc1cc(F)ccc1N. The van der Waals surface area contributed by atoms with Crippen LogP contribution in [0.3, 0.4) is 0 Å². The van der Waals surface area contributed by atoms with Crippen molar-refractivity contribution in [1.82, 2.24) is 0 Å². The van der Waals surface area contributed by atoms with Gasteiger partial charge in [0.05, 0.1) is 12.7 Å². The van der Waals surface area contributed by atoms with Crippen LogP contribution < -0.4 is 5.73 Å². The highest BCUT2D eigenvalue weighted by Crippen LogP contribution is 2.25. The molecule has 1 aromatic carbocycles. The molecule has 0 aromatic heterocycles. The summed E-state index contributed by atoms with van der Waals surface area (Å²) < 4.78 is 18.3. The zero-order valence-corrected chi connectivity index (χ0v) is 9.81. The first kappa shape index (κ1) is 12.3. The molecule has 0 atom stereocenters. The molecule has 0 aliphatic rings. The summed E-state index contributed by atoms with van der Waals surface area (Å²) in [5.41, 5.74) is 6.32. The Balaban J connectivity index is 2.40. The Hall–Kier alpha value is -0.740. The van der Waals surface area contributed by atoms with Crippen LogP contribution in [-0.4, -0.2) is 18.5 Å². The molecule has 4 heteroatoms. The van der Waals surface area contributed by atoms with E-state index in [4.69, 9.17) is 10.5 Å². The molecule has 84 valence electrons. The first-order valence-corrected chi connectivity index (χ1v) is 5.87. The fourth-order valence-electron chi connectivity index (χ4n) is 1.07. The number of nitrogens with two attached hydrogens (primary N) is 1. The van der Waals surface area contributed by atoms with Gasteiger partial charge in [-0.15, -0.1) is 11.8 Å². The van der Waals surface area contributed by atoms with E-state index < -0.39 is 0 Å². The standard InChI is InChI=1S/C11H16FNOS/c1-8(2)14-5-6-15-11-7-9(12)3-4-10(11)13/h3-4,7-8H,5-6,13H2,1-2H3. The van der Waals surface area contributed by atoms with Crippen molar-refractivity contribution in [3.05, 3.63) is 24.0 Å². The summed E-state index contributed by atoms with van der Waals surface area (Å²) in [7, 11) is 0. The van der Waals surface area contributed by atoms with E-state index >= 15 is 0 Å². The average Bonchev–Trinajstić information content (AvgIpc) is 2.17. The summed E-state index contributed by atoms with van der Waals surface area (Å²) in [6.45, 7) is 4.63. The molecular formula is C11H16FNOS. The number of ether oxygens (including phenoxy) is 1. The van der Waals surface area contributed by atoms with Crippen molar-refractivity contribution in [2.24, 2.45) is 0 Å². The molecular weight excluding hydrogens is 213 g/mol. The van der Waals surface area contributed by atoms with E-state index in [1.807, 2.05) is 13.8 Å². The molecule has 2 N–H and O–H groups in total. The van der Waals surface area contributed by atoms with Crippen LogP contribution >= 0.6 is 11.8 Å². The molecule has 0 bridgehead atoms. The Morgan fingerprint density at radius 3 is 2.87 bits per heavy atom. The van der Waals surface area contributed by atoms with Crippen molar-refractivity contribution in [1.29, 1.82) is 0 Å². The van der Waals surface area contributed by atoms with E-state index in [0.717, 1.165) is 10.6 Å². The first-order valence-electron chi connectivity index (χ1n) is 4.89. The molecule has 0 fully saturated rings. The van der Waals surface area contributed by atoms with E-state index in [-0.39, 0.29) is 11.9 Å². The summed E-state index contributed by atoms with van der Waals surface area (Å²) in [5.74, 6) is 0.530. The van der Waals surface area contributed by atoms with Gasteiger partial charge in [-0.25, -0.2) is 4.39 Å². The van der Waals surface area contributed by atoms with E-state index in [1.54, 1.807) is 6.07 Å². The lowest BCUT2D eigenvalue weighted by Gasteiger charge is -2.08. The van der Waals surface area contributed by atoms with Crippen LogP contribution in [0.5, 0.6) is 0 Å². The maximum Gasteiger partial charge on any atom is 0.124 e. The van der Waals surface area contributed by atoms with E-state index in [1.165, 1.54) is 23.9 Å². The summed E-state index contributed by atoms with van der Waals surface area (Å²) in [6, 6.07) is 4.40. The summed E-state index contributed by atoms with van der Waals surface area (Å²) in [5, 5.41) is 0. The predicted octanol–water partition coefficient (Wildman–Crippen LogP) is 2.93. The monoisotopic (exact) mass is 229 g/mol. The molecule has 1 rings (SSSR count). The topological polar surface area (TPSA) is 35.2 Å². The number of benzene rings is 1. The highest BCUT2D eigenvalue weighted by atomic mass is 32.2. The minimum atomic E-state index is -0.253. The van der Waals surface area contributed by atoms with Crippen molar-refractivity contribution in [2.45, 2.75) is 24.8 Å². The number of halogens is 1. The van der Waals surface area contributed by atoms with Crippen molar-refractivity contribution in [3.8, 4) is 0 Å². The zero-order chi connectivity index (χ0) is 11.3. The Morgan fingerprint density at radius 2 is 2.20 bits per heavy atom.